The van der Waals surface area contributed by atoms with Gasteiger partial charge in [-0.3, -0.25) is 4.90 Å². The van der Waals surface area contributed by atoms with Gasteiger partial charge in [0.2, 0.25) is 0 Å². The molecule has 0 radical (unpaired) electrons. The maximum absolute atomic E-state index is 10.4. The van der Waals surface area contributed by atoms with Crippen LogP contribution in [-0.4, -0.2) is 41.8 Å². The minimum Gasteiger partial charge on any atom is -0.387 e. The van der Waals surface area contributed by atoms with E-state index in [1.165, 1.54) is 5.56 Å². The van der Waals surface area contributed by atoms with Crippen molar-refractivity contribution in [2.75, 3.05) is 19.7 Å². The van der Waals surface area contributed by atoms with E-state index in [9.17, 15) is 5.11 Å². The number of morpholine rings is 1. The van der Waals surface area contributed by atoms with Crippen molar-refractivity contribution in [2.45, 2.75) is 51.9 Å². The van der Waals surface area contributed by atoms with E-state index in [1.54, 1.807) is 0 Å². The van der Waals surface area contributed by atoms with Crippen LogP contribution in [0, 0.1) is 0 Å². The Bertz CT molecular complexity index is 416. The van der Waals surface area contributed by atoms with E-state index in [0.29, 0.717) is 18.5 Å². The van der Waals surface area contributed by atoms with Gasteiger partial charge in [0.15, 0.2) is 0 Å². The molecule has 1 saturated heterocycles. The number of hydrogen-bond donors (Lipinski definition) is 1. The van der Waals surface area contributed by atoms with Crippen LogP contribution in [0.5, 0.6) is 0 Å². The van der Waals surface area contributed by atoms with Gasteiger partial charge in [-0.05, 0) is 30.9 Å². The zero-order valence-electron chi connectivity index (χ0n) is 13.0. The van der Waals surface area contributed by atoms with E-state index in [-0.39, 0.29) is 6.10 Å². The lowest BCUT2D eigenvalue weighted by Crippen LogP contribution is -2.48. The van der Waals surface area contributed by atoms with Crippen LogP contribution in [0.4, 0.5) is 0 Å². The van der Waals surface area contributed by atoms with Gasteiger partial charge >= 0.3 is 0 Å². The molecule has 1 heterocycles. The first-order valence-corrected chi connectivity index (χ1v) is 7.61. The molecule has 1 fully saturated rings. The predicted molar refractivity (Wildman–Crippen MR) is 81.9 cm³/mol. The van der Waals surface area contributed by atoms with E-state index >= 15 is 0 Å². The number of aliphatic hydroxyl groups excluding tert-OH is 1. The van der Waals surface area contributed by atoms with Crippen molar-refractivity contribution in [3.63, 3.8) is 0 Å². The smallest absolute Gasteiger partial charge is 0.0917 e. The Hall–Kier alpha value is -0.900. The van der Waals surface area contributed by atoms with Crippen LogP contribution < -0.4 is 0 Å². The van der Waals surface area contributed by atoms with Gasteiger partial charge in [-0.1, -0.05) is 38.1 Å². The van der Waals surface area contributed by atoms with E-state index in [1.807, 2.05) is 0 Å². The second-order valence-electron chi connectivity index (χ2n) is 6.28. The topological polar surface area (TPSA) is 32.7 Å². The molecule has 0 bridgehead atoms. The minimum atomic E-state index is -0.427. The van der Waals surface area contributed by atoms with E-state index < -0.39 is 6.10 Å². The molecule has 0 amide bonds. The lowest BCUT2D eigenvalue weighted by Gasteiger charge is -2.37. The predicted octanol–water partition coefficient (Wildman–Crippen LogP) is 2.95. The molecular weight excluding hydrogens is 250 g/mol. The van der Waals surface area contributed by atoms with Crippen molar-refractivity contribution < 1.29 is 9.84 Å². The third-order valence-corrected chi connectivity index (χ3v) is 4.13. The fraction of sp³-hybridized carbons (Fsp3) is 0.647. The zero-order valence-corrected chi connectivity index (χ0v) is 13.0. The molecule has 1 aromatic carbocycles. The zero-order chi connectivity index (χ0) is 14.7. The van der Waals surface area contributed by atoms with Gasteiger partial charge in [0.25, 0.3) is 0 Å². The summed E-state index contributed by atoms with van der Waals surface area (Å²) in [7, 11) is 0. The Kier molecular flexibility index (Phi) is 5.19. The third kappa shape index (κ3) is 3.81. The summed E-state index contributed by atoms with van der Waals surface area (Å²) in [5.41, 5.74) is 2.31. The lowest BCUT2D eigenvalue weighted by atomic mass is 9.99. The molecule has 0 saturated carbocycles. The van der Waals surface area contributed by atoms with E-state index in [0.717, 1.165) is 18.7 Å². The average Bonchev–Trinajstić information content (AvgIpc) is 2.43. The largest absolute Gasteiger partial charge is 0.387 e. The molecule has 112 valence electrons. The molecule has 1 aliphatic heterocycles. The summed E-state index contributed by atoms with van der Waals surface area (Å²) in [6.07, 6.45) is -0.175. The Morgan fingerprint density at radius 1 is 1.20 bits per heavy atom. The highest BCUT2D eigenvalue weighted by Gasteiger charge is 2.25. The number of ether oxygens (including phenoxy) is 1. The lowest BCUT2D eigenvalue weighted by molar-refractivity contribution is -0.0619. The number of hydrogen-bond acceptors (Lipinski definition) is 3. The number of nitrogens with zero attached hydrogens (tertiary/aromatic N) is 1. The number of benzene rings is 1. The fourth-order valence-electron chi connectivity index (χ4n) is 2.66. The standard InChI is InChI=1S/C17H27NO2/c1-12(2)15-5-7-16(8-6-15)17(19)10-18-9-14(4)20-11-13(18)3/h5-8,12-14,17,19H,9-11H2,1-4H3. The molecule has 0 spiro atoms. The molecule has 1 aliphatic rings. The first-order chi connectivity index (χ1) is 9.47. The molecule has 0 aromatic heterocycles. The molecule has 3 heteroatoms. The number of rotatable bonds is 4. The second-order valence-corrected chi connectivity index (χ2v) is 6.28. The monoisotopic (exact) mass is 277 g/mol. The van der Waals surface area contributed by atoms with Gasteiger partial charge in [-0.25, -0.2) is 0 Å². The molecule has 1 aromatic rings. The van der Waals surface area contributed by atoms with E-state index in [2.05, 4.69) is 56.9 Å². The molecule has 3 nitrogen and oxygen atoms in total. The Labute approximate surface area is 122 Å². The summed E-state index contributed by atoms with van der Waals surface area (Å²) in [5, 5.41) is 10.4. The molecular formula is C17H27NO2. The first-order valence-electron chi connectivity index (χ1n) is 7.61. The second kappa shape index (κ2) is 6.70. The quantitative estimate of drug-likeness (QED) is 0.918. The first kappa shape index (κ1) is 15.5. The van der Waals surface area contributed by atoms with Crippen LogP contribution in [0.15, 0.2) is 24.3 Å². The van der Waals surface area contributed by atoms with Crippen molar-refractivity contribution in [1.82, 2.24) is 4.90 Å². The highest BCUT2D eigenvalue weighted by atomic mass is 16.5. The highest BCUT2D eigenvalue weighted by Crippen LogP contribution is 2.21. The van der Waals surface area contributed by atoms with Crippen LogP contribution in [-0.2, 0) is 4.74 Å². The molecule has 3 atom stereocenters. The van der Waals surface area contributed by atoms with Crippen molar-refractivity contribution in [2.24, 2.45) is 0 Å². The van der Waals surface area contributed by atoms with Crippen LogP contribution >= 0.6 is 0 Å². The minimum absolute atomic E-state index is 0.252. The molecule has 3 unspecified atom stereocenters. The van der Waals surface area contributed by atoms with Crippen LogP contribution in [0.1, 0.15) is 50.8 Å². The molecule has 20 heavy (non-hydrogen) atoms. The van der Waals surface area contributed by atoms with Gasteiger partial charge < -0.3 is 9.84 Å². The van der Waals surface area contributed by atoms with Crippen LogP contribution in [0.25, 0.3) is 0 Å². The van der Waals surface area contributed by atoms with E-state index in [4.69, 9.17) is 4.74 Å². The van der Waals surface area contributed by atoms with Crippen molar-refractivity contribution in [3.8, 4) is 0 Å². The maximum atomic E-state index is 10.4. The Balaban J connectivity index is 1.98. The van der Waals surface area contributed by atoms with Gasteiger partial charge in [0.1, 0.15) is 0 Å². The average molecular weight is 277 g/mol. The summed E-state index contributed by atoms with van der Waals surface area (Å²) in [4.78, 5) is 2.31. The number of aliphatic hydroxyl groups is 1. The summed E-state index contributed by atoms with van der Waals surface area (Å²) >= 11 is 0. The van der Waals surface area contributed by atoms with Crippen LogP contribution in [0.3, 0.4) is 0 Å². The maximum Gasteiger partial charge on any atom is 0.0917 e. The number of β-amino-alcohol motifs (C(OH)–C–C–N with tert-alkyl or cyclic N) is 1. The van der Waals surface area contributed by atoms with Gasteiger partial charge in [0, 0.05) is 19.1 Å². The normalized spacial score (nSPS) is 25.9. The molecule has 0 aliphatic carbocycles. The Morgan fingerprint density at radius 2 is 1.80 bits per heavy atom. The molecule has 2 rings (SSSR count). The van der Waals surface area contributed by atoms with Gasteiger partial charge in [-0.2, -0.15) is 0 Å². The van der Waals surface area contributed by atoms with Crippen LogP contribution in [0.2, 0.25) is 0 Å². The summed E-state index contributed by atoms with van der Waals surface area (Å²) < 4.78 is 5.63. The van der Waals surface area contributed by atoms with Crippen molar-refractivity contribution in [1.29, 1.82) is 0 Å². The molecule has 1 N–H and O–H groups in total. The summed E-state index contributed by atoms with van der Waals surface area (Å²) in [6, 6.07) is 8.71. The van der Waals surface area contributed by atoms with Gasteiger partial charge in [0.05, 0.1) is 18.8 Å². The highest BCUT2D eigenvalue weighted by molar-refractivity contribution is 5.26. The third-order valence-electron chi connectivity index (χ3n) is 4.13. The Morgan fingerprint density at radius 3 is 2.40 bits per heavy atom. The van der Waals surface area contributed by atoms with Crippen molar-refractivity contribution >= 4 is 0 Å². The summed E-state index contributed by atoms with van der Waals surface area (Å²) in [5.74, 6) is 0.529. The SMILES string of the molecule is CC1CN(CC(O)c2ccc(C(C)C)cc2)C(C)CO1. The summed E-state index contributed by atoms with van der Waals surface area (Å²) in [6.45, 7) is 10.9. The fourth-order valence-corrected chi connectivity index (χ4v) is 2.66. The van der Waals surface area contributed by atoms with Crippen molar-refractivity contribution in [3.05, 3.63) is 35.4 Å². The van der Waals surface area contributed by atoms with Gasteiger partial charge in [-0.15, -0.1) is 0 Å².